The number of nitrogen functional groups attached to an aromatic ring is 1. The lowest BCUT2D eigenvalue weighted by Gasteiger charge is -2.09. The van der Waals surface area contributed by atoms with E-state index in [0.717, 1.165) is 29.4 Å². The summed E-state index contributed by atoms with van der Waals surface area (Å²) in [6.45, 7) is 0.625. The number of ether oxygens (including phenoxy) is 1. The van der Waals surface area contributed by atoms with E-state index >= 15 is 0 Å². The van der Waals surface area contributed by atoms with Crippen LogP contribution in [0.3, 0.4) is 0 Å². The molecule has 19 heavy (non-hydrogen) atoms. The molecule has 2 rings (SSSR count). The second-order valence-corrected chi connectivity index (χ2v) is 6.85. The third-order valence-electron chi connectivity index (χ3n) is 3.56. The number of rotatable bonds is 7. The molecule has 0 aliphatic heterocycles. The fourth-order valence-corrected chi connectivity index (χ4v) is 3.96. The zero-order valence-electron chi connectivity index (χ0n) is 11.3. The van der Waals surface area contributed by atoms with E-state index in [2.05, 4.69) is 0 Å². The predicted octanol–water partition coefficient (Wildman–Crippen LogP) is 2.98. The van der Waals surface area contributed by atoms with Crippen LogP contribution in [0.2, 0.25) is 0 Å². The van der Waals surface area contributed by atoms with E-state index in [1.165, 1.54) is 25.7 Å². The van der Waals surface area contributed by atoms with Crippen molar-refractivity contribution < 1.29 is 8.95 Å². The van der Waals surface area contributed by atoms with Crippen molar-refractivity contribution in [2.75, 3.05) is 23.8 Å². The van der Waals surface area contributed by atoms with Crippen molar-refractivity contribution in [3.8, 4) is 5.75 Å². The molecule has 0 aromatic heterocycles. The lowest BCUT2D eigenvalue weighted by Crippen LogP contribution is -2.12. The van der Waals surface area contributed by atoms with Gasteiger partial charge >= 0.3 is 0 Å². The molecule has 1 aromatic carbocycles. The second-order valence-electron chi connectivity index (χ2n) is 5.23. The number of hydrogen-bond donors (Lipinski definition) is 1. The summed E-state index contributed by atoms with van der Waals surface area (Å²) < 4.78 is 17.5. The minimum Gasteiger partial charge on any atom is -0.494 e. The van der Waals surface area contributed by atoms with E-state index in [4.69, 9.17) is 10.5 Å². The summed E-state index contributed by atoms with van der Waals surface area (Å²) in [5.74, 6) is 3.18. The maximum Gasteiger partial charge on any atom is 0.119 e. The van der Waals surface area contributed by atoms with Gasteiger partial charge in [0.1, 0.15) is 5.75 Å². The maximum atomic E-state index is 11.9. The Hall–Kier alpha value is -1.03. The van der Waals surface area contributed by atoms with Crippen molar-refractivity contribution in [1.82, 2.24) is 0 Å². The number of hydrogen-bond acceptors (Lipinski definition) is 3. The lowest BCUT2D eigenvalue weighted by atomic mass is 10.1. The van der Waals surface area contributed by atoms with Gasteiger partial charge in [-0.3, -0.25) is 4.21 Å². The summed E-state index contributed by atoms with van der Waals surface area (Å²) in [4.78, 5) is 0. The van der Waals surface area contributed by atoms with E-state index in [-0.39, 0.29) is 0 Å². The normalized spacial score (nSPS) is 17.5. The fourth-order valence-electron chi connectivity index (χ4n) is 2.50. The molecule has 1 saturated carbocycles. The summed E-state index contributed by atoms with van der Waals surface area (Å²) in [6.07, 6.45) is 6.04. The van der Waals surface area contributed by atoms with E-state index in [1.807, 2.05) is 24.3 Å². The first kappa shape index (κ1) is 14.4. The second kappa shape index (κ2) is 7.53. The van der Waals surface area contributed by atoms with Gasteiger partial charge in [-0.1, -0.05) is 12.8 Å². The third kappa shape index (κ3) is 5.23. The van der Waals surface area contributed by atoms with Gasteiger partial charge in [0.15, 0.2) is 0 Å². The molecule has 0 saturated heterocycles. The van der Waals surface area contributed by atoms with Crippen LogP contribution < -0.4 is 10.5 Å². The highest BCUT2D eigenvalue weighted by Gasteiger charge is 2.17. The Morgan fingerprint density at radius 2 is 1.89 bits per heavy atom. The van der Waals surface area contributed by atoms with Gasteiger partial charge in [0.2, 0.25) is 0 Å². The van der Waals surface area contributed by atoms with Crippen LogP contribution in [0, 0.1) is 5.92 Å². The van der Waals surface area contributed by atoms with Crippen molar-refractivity contribution in [2.24, 2.45) is 5.92 Å². The topological polar surface area (TPSA) is 52.3 Å². The Bertz CT molecular complexity index is 399. The first-order valence-electron chi connectivity index (χ1n) is 7.07. The van der Waals surface area contributed by atoms with Gasteiger partial charge in [-0.25, -0.2) is 0 Å². The van der Waals surface area contributed by atoms with E-state index < -0.39 is 10.8 Å². The Labute approximate surface area is 118 Å². The molecule has 0 heterocycles. The number of anilines is 1. The SMILES string of the molecule is Nc1ccc(OCCCS(=O)CC2CCCC2)cc1. The van der Waals surface area contributed by atoms with Gasteiger partial charge in [0, 0.05) is 28.0 Å². The molecule has 1 unspecified atom stereocenters. The largest absolute Gasteiger partial charge is 0.494 e. The minimum absolute atomic E-state index is 0.625. The molecule has 0 amide bonds. The van der Waals surface area contributed by atoms with Crippen LogP contribution in [0.1, 0.15) is 32.1 Å². The summed E-state index contributed by atoms with van der Waals surface area (Å²) in [5, 5.41) is 0. The van der Waals surface area contributed by atoms with Crippen molar-refractivity contribution >= 4 is 16.5 Å². The monoisotopic (exact) mass is 281 g/mol. The zero-order valence-corrected chi connectivity index (χ0v) is 12.2. The highest BCUT2D eigenvalue weighted by atomic mass is 32.2. The van der Waals surface area contributed by atoms with E-state index in [1.54, 1.807) is 0 Å². The number of benzene rings is 1. The Balaban J connectivity index is 1.58. The predicted molar refractivity (Wildman–Crippen MR) is 80.8 cm³/mol. The van der Waals surface area contributed by atoms with Crippen LogP contribution in [0.15, 0.2) is 24.3 Å². The first-order chi connectivity index (χ1) is 9.24. The molecule has 1 fully saturated rings. The molecule has 106 valence electrons. The lowest BCUT2D eigenvalue weighted by molar-refractivity contribution is 0.318. The molecule has 1 atom stereocenters. The fraction of sp³-hybridized carbons (Fsp3) is 0.600. The van der Waals surface area contributed by atoms with Crippen molar-refractivity contribution in [2.45, 2.75) is 32.1 Å². The smallest absolute Gasteiger partial charge is 0.119 e. The average Bonchev–Trinajstić information content (AvgIpc) is 2.89. The van der Waals surface area contributed by atoms with Crippen LogP contribution in [0.25, 0.3) is 0 Å². The van der Waals surface area contributed by atoms with Crippen molar-refractivity contribution in [1.29, 1.82) is 0 Å². The van der Waals surface area contributed by atoms with Gasteiger partial charge in [0.05, 0.1) is 6.61 Å². The average molecular weight is 281 g/mol. The quantitative estimate of drug-likeness (QED) is 0.617. The number of nitrogens with two attached hydrogens (primary N) is 1. The molecule has 0 spiro atoms. The van der Waals surface area contributed by atoms with Crippen molar-refractivity contribution in [3.05, 3.63) is 24.3 Å². The van der Waals surface area contributed by atoms with Gasteiger partial charge in [-0.05, 0) is 49.4 Å². The van der Waals surface area contributed by atoms with Crippen LogP contribution >= 0.6 is 0 Å². The molecule has 2 N–H and O–H groups in total. The summed E-state index contributed by atoms with van der Waals surface area (Å²) >= 11 is 0. The highest BCUT2D eigenvalue weighted by molar-refractivity contribution is 7.84. The molecule has 1 aromatic rings. The third-order valence-corrected chi connectivity index (χ3v) is 5.15. The van der Waals surface area contributed by atoms with Gasteiger partial charge < -0.3 is 10.5 Å². The van der Waals surface area contributed by atoms with Crippen LogP contribution in [-0.4, -0.2) is 22.3 Å². The summed E-state index contributed by atoms with van der Waals surface area (Å²) in [7, 11) is -0.671. The van der Waals surface area contributed by atoms with E-state index in [0.29, 0.717) is 12.5 Å². The first-order valence-corrected chi connectivity index (χ1v) is 8.56. The highest BCUT2D eigenvalue weighted by Crippen LogP contribution is 2.25. The zero-order chi connectivity index (χ0) is 13.5. The standard InChI is InChI=1S/C15H23NO2S/c16-14-6-8-15(9-7-14)18-10-3-11-19(17)12-13-4-1-2-5-13/h6-9,13H,1-5,10-12,16H2. The Morgan fingerprint density at radius 1 is 1.21 bits per heavy atom. The van der Waals surface area contributed by atoms with Gasteiger partial charge in [-0.2, -0.15) is 0 Å². The molecule has 0 radical (unpaired) electrons. The maximum absolute atomic E-state index is 11.9. The van der Waals surface area contributed by atoms with Gasteiger partial charge in [0.25, 0.3) is 0 Å². The van der Waals surface area contributed by atoms with E-state index in [9.17, 15) is 4.21 Å². The molecular weight excluding hydrogens is 258 g/mol. The van der Waals surface area contributed by atoms with Crippen molar-refractivity contribution in [3.63, 3.8) is 0 Å². The molecule has 4 heteroatoms. The molecule has 0 bridgehead atoms. The van der Waals surface area contributed by atoms with Crippen LogP contribution in [0.5, 0.6) is 5.75 Å². The minimum atomic E-state index is -0.671. The van der Waals surface area contributed by atoms with Crippen LogP contribution in [-0.2, 0) is 10.8 Å². The Kier molecular flexibility index (Phi) is 5.70. The molecule has 3 nitrogen and oxygen atoms in total. The molecule has 1 aliphatic rings. The van der Waals surface area contributed by atoms with Gasteiger partial charge in [-0.15, -0.1) is 0 Å². The molecule has 1 aliphatic carbocycles. The Morgan fingerprint density at radius 3 is 2.58 bits per heavy atom. The summed E-state index contributed by atoms with van der Waals surface area (Å²) in [6, 6.07) is 7.39. The molecular formula is C15H23NO2S. The summed E-state index contributed by atoms with van der Waals surface area (Å²) in [5.41, 5.74) is 6.34. The van der Waals surface area contributed by atoms with Crippen LogP contribution in [0.4, 0.5) is 5.69 Å².